The summed E-state index contributed by atoms with van der Waals surface area (Å²) in [5.41, 5.74) is 0. The minimum atomic E-state index is -3.32. The first-order valence-electron chi connectivity index (χ1n) is 6.72. The molecule has 0 aromatic heterocycles. The van der Waals surface area contributed by atoms with Gasteiger partial charge in [-0.15, -0.1) is 11.6 Å². The molecular weight excluding hydrogens is 272 g/mol. The lowest BCUT2D eigenvalue weighted by atomic mass is 10.0. The fraction of sp³-hybridized carbons (Fsp3) is 1.00. The van der Waals surface area contributed by atoms with Crippen LogP contribution in [0.3, 0.4) is 0 Å². The number of hydrogen-bond acceptors (Lipinski definition) is 2. The Labute approximate surface area is 116 Å². The minimum Gasteiger partial charge on any atom is -0.195 e. The zero-order chi connectivity index (χ0) is 13.8. The second-order valence-electron chi connectivity index (χ2n) is 5.36. The molecule has 0 aliphatic carbocycles. The van der Waals surface area contributed by atoms with Gasteiger partial charge < -0.3 is 0 Å². The van der Waals surface area contributed by atoms with Gasteiger partial charge in [0.25, 0.3) is 10.2 Å². The van der Waals surface area contributed by atoms with Crippen LogP contribution in [-0.4, -0.2) is 48.6 Å². The predicted octanol–water partition coefficient (Wildman–Crippen LogP) is 2.30. The summed E-state index contributed by atoms with van der Waals surface area (Å²) >= 11 is 5.67. The first-order chi connectivity index (χ1) is 8.39. The van der Waals surface area contributed by atoms with Crippen molar-refractivity contribution in [1.82, 2.24) is 8.61 Å². The lowest BCUT2D eigenvalue weighted by molar-refractivity contribution is 0.246. The normalized spacial score (nSPS) is 22.9. The Bertz CT molecular complexity index is 346. The van der Waals surface area contributed by atoms with Crippen molar-refractivity contribution in [2.45, 2.75) is 46.1 Å². The zero-order valence-corrected chi connectivity index (χ0v) is 13.2. The summed E-state index contributed by atoms with van der Waals surface area (Å²) < 4.78 is 28.4. The molecule has 1 heterocycles. The van der Waals surface area contributed by atoms with Crippen molar-refractivity contribution in [1.29, 1.82) is 0 Å². The fourth-order valence-corrected chi connectivity index (χ4v) is 4.47. The van der Waals surface area contributed by atoms with Crippen LogP contribution in [0.25, 0.3) is 0 Å². The van der Waals surface area contributed by atoms with Crippen LogP contribution in [0.1, 0.15) is 40.0 Å². The molecule has 1 unspecified atom stereocenters. The molecule has 0 radical (unpaired) electrons. The summed E-state index contributed by atoms with van der Waals surface area (Å²) in [6.07, 6.45) is 2.78. The highest BCUT2D eigenvalue weighted by Crippen LogP contribution is 2.22. The third kappa shape index (κ3) is 4.08. The van der Waals surface area contributed by atoms with Crippen LogP contribution in [0.2, 0.25) is 0 Å². The number of nitrogens with zero attached hydrogens (tertiary/aromatic N) is 2. The van der Waals surface area contributed by atoms with Gasteiger partial charge in [0.05, 0.1) is 0 Å². The molecule has 108 valence electrons. The lowest BCUT2D eigenvalue weighted by Gasteiger charge is -2.36. The van der Waals surface area contributed by atoms with Crippen LogP contribution >= 0.6 is 11.6 Å². The summed E-state index contributed by atoms with van der Waals surface area (Å²) in [5.74, 6) is 0.949. The van der Waals surface area contributed by atoms with Crippen molar-refractivity contribution in [2.24, 2.45) is 5.92 Å². The van der Waals surface area contributed by atoms with E-state index in [-0.39, 0.29) is 6.04 Å². The van der Waals surface area contributed by atoms with Crippen LogP contribution in [0.5, 0.6) is 0 Å². The van der Waals surface area contributed by atoms with Crippen LogP contribution in [0.4, 0.5) is 0 Å². The standard InChI is InChI=1S/C12H25ClN2O2S/c1-11(2)15(9-5-7-13)18(16,17)14-8-4-6-12(3)10-14/h11-12H,4-10H2,1-3H3. The van der Waals surface area contributed by atoms with E-state index >= 15 is 0 Å². The van der Waals surface area contributed by atoms with E-state index in [1.54, 1.807) is 8.61 Å². The minimum absolute atomic E-state index is 0.0181. The van der Waals surface area contributed by atoms with Crippen LogP contribution in [0, 0.1) is 5.92 Å². The lowest BCUT2D eigenvalue weighted by Crippen LogP contribution is -2.50. The molecule has 1 saturated heterocycles. The maximum absolute atomic E-state index is 12.6. The quantitative estimate of drug-likeness (QED) is 0.706. The van der Waals surface area contributed by atoms with E-state index in [4.69, 9.17) is 11.6 Å². The molecule has 0 saturated carbocycles. The van der Waals surface area contributed by atoms with E-state index in [9.17, 15) is 8.42 Å². The molecule has 0 aromatic carbocycles. The molecule has 6 heteroatoms. The monoisotopic (exact) mass is 296 g/mol. The molecule has 0 amide bonds. The summed E-state index contributed by atoms with van der Waals surface area (Å²) in [6.45, 7) is 7.75. The highest BCUT2D eigenvalue weighted by molar-refractivity contribution is 7.86. The molecule has 0 spiro atoms. The fourth-order valence-electron chi connectivity index (χ4n) is 2.36. The molecule has 0 aromatic rings. The van der Waals surface area contributed by atoms with Gasteiger partial charge in [0.2, 0.25) is 0 Å². The first-order valence-corrected chi connectivity index (χ1v) is 8.65. The molecule has 1 rings (SSSR count). The second-order valence-corrected chi connectivity index (χ2v) is 7.62. The van der Waals surface area contributed by atoms with Crippen molar-refractivity contribution in [3.8, 4) is 0 Å². The molecule has 0 bridgehead atoms. The van der Waals surface area contributed by atoms with Gasteiger partial charge >= 0.3 is 0 Å². The van der Waals surface area contributed by atoms with Crippen LogP contribution in [-0.2, 0) is 10.2 Å². The number of halogens is 1. The molecule has 4 nitrogen and oxygen atoms in total. The molecule has 1 aliphatic heterocycles. The third-order valence-electron chi connectivity index (χ3n) is 3.33. The van der Waals surface area contributed by atoms with Gasteiger partial charge in [-0.05, 0) is 39.0 Å². The Kier molecular flexibility index (Phi) is 6.38. The Hall–Kier alpha value is 0.160. The van der Waals surface area contributed by atoms with E-state index in [1.165, 1.54) is 0 Å². The van der Waals surface area contributed by atoms with Gasteiger partial charge in [0.1, 0.15) is 0 Å². The maximum atomic E-state index is 12.6. The number of rotatable bonds is 6. The number of hydrogen-bond donors (Lipinski definition) is 0. The van der Waals surface area contributed by atoms with Crippen molar-refractivity contribution in [3.63, 3.8) is 0 Å². The topological polar surface area (TPSA) is 40.6 Å². The third-order valence-corrected chi connectivity index (χ3v) is 5.78. The number of alkyl halides is 1. The summed E-state index contributed by atoms with van der Waals surface area (Å²) in [6, 6.07) is -0.0181. The van der Waals surface area contributed by atoms with Gasteiger partial charge in [-0.25, -0.2) is 0 Å². The van der Waals surface area contributed by atoms with Gasteiger partial charge in [-0.3, -0.25) is 0 Å². The van der Waals surface area contributed by atoms with E-state index in [0.717, 1.165) is 12.8 Å². The average Bonchev–Trinajstić information content (AvgIpc) is 2.28. The van der Waals surface area contributed by atoms with E-state index < -0.39 is 10.2 Å². The average molecular weight is 297 g/mol. The summed E-state index contributed by atoms with van der Waals surface area (Å²) in [5, 5.41) is 0. The van der Waals surface area contributed by atoms with Gasteiger partial charge in [0, 0.05) is 31.6 Å². The summed E-state index contributed by atoms with van der Waals surface area (Å²) in [7, 11) is -3.32. The molecule has 18 heavy (non-hydrogen) atoms. The Morgan fingerprint density at radius 3 is 2.61 bits per heavy atom. The Morgan fingerprint density at radius 1 is 1.44 bits per heavy atom. The smallest absolute Gasteiger partial charge is 0.195 e. The number of piperidine rings is 1. The Balaban J connectivity index is 2.80. The van der Waals surface area contributed by atoms with Crippen LogP contribution in [0.15, 0.2) is 0 Å². The van der Waals surface area contributed by atoms with E-state index in [2.05, 4.69) is 6.92 Å². The highest BCUT2D eigenvalue weighted by atomic mass is 35.5. The van der Waals surface area contributed by atoms with Crippen molar-refractivity contribution in [3.05, 3.63) is 0 Å². The summed E-state index contributed by atoms with van der Waals surface area (Å²) in [4.78, 5) is 0. The van der Waals surface area contributed by atoms with Crippen molar-refractivity contribution in [2.75, 3.05) is 25.5 Å². The predicted molar refractivity (Wildman–Crippen MR) is 76.1 cm³/mol. The first kappa shape index (κ1) is 16.2. The molecule has 1 fully saturated rings. The van der Waals surface area contributed by atoms with Gasteiger partial charge in [0.15, 0.2) is 0 Å². The van der Waals surface area contributed by atoms with E-state index in [1.807, 2.05) is 13.8 Å². The zero-order valence-electron chi connectivity index (χ0n) is 11.6. The van der Waals surface area contributed by atoms with E-state index in [0.29, 0.717) is 37.9 Å². The molecule has 1 aliphatic rings. The largest absolute Gasteiger partial charge is 0.282 e. The van der Waals surface area contributed by atoms with Gasteiger partial charge in [-0.1, -0.05) is 6.92 Å². The Morgan fingerprint density at radius 2 is 2.11 bits per heavy atom. The van der Waals surface area contributed by atoms with Crippen molar-refractivity contribution < 1.29 is 8.42 Å². The molecular formula is C12H25ClN2O2S. The second kappa shape index (κ2) is 7.08. The molecule has 1 atom stereocenters. The maximum Gasteiger partial charge on any atom is 0.282 e. The van der Waals surface area contributed by atoms with Gasteiger partial charge in [-0.2, -0.15) is 17.0 Å². The van der Waals surface area contributed by atoms with Crippen molar-refractivity contribution >= 4 is 21.8 Å². The van der Waals surface area contributed by atoms with Crippen LogP contribution < -0.4 is 0 Å². The highest BCUT2D eigenvalue weighted by Gasteiger charge is 2.33. The SMILES string of the molecule is CC1CCCN(S(=O)(=O)N(CCCCl)C(C)C)C1. The molecule has 0 N–H and O–H groups in total.